The van der Waals surface area contributed by atoms with Crippen molar-refractivity contribution in [3.8, 4) is 11.8 Å². The van der Waals surface area contributed by atoms with Gasteiger partial charge in [0.15, 0.2) is 0 Å². The van der Waals surface area contributed by atoms with Crippen LogP contribution in [-0.2, 0) is 14.3 Å². The van der Waals surface area contributed by atoms with Gasteiger partial charge in [0.25, 0.3) is 0 Å². The van der Waals surface area contributed by atoms with Gasteiger partial charge in [-0.05, 0) is 27.7 Å². The minimum Gasteiger partial charge on any atom is -0.457 e. The van der Waals surface area contributed by atoms with Crippen LogP contribution in [0.1, 0.15) is 27.7 Å². The largest absolute Gasteiger partial charge is 0.457 e. The molecule has 1 rings (SSSR count). The van der Waals surface area contributed by atoms with Crippen molar-refractivity contribution in [2.24, 2.45) is 0 Å². The Kier molecular flexibility index (Phi) is 3.54. The van der Waals surface area contributed by atoms with Crippen LogP contribution < -0.4 is 0 Å². The topological polar surface area (TPSA) is 35.5 Å². The van der Waals surface area contributed by atoms with E-state index in [1.807, 2.05) is 27.7 Å². The molecule has 15 heavy (non-hydrogen) atoms. The molecule has 82 valence electrons. The molecule has 1 heterocycles. The zero-order valence-corrected chi connectivity index (χ0v) is 9.59. The third-order valence-electron chi connectivity index (χ3n) is 1.63. The fraction of sp³-hybridized carbons (Fsp3) is 0.583. The van der Waals surface area contributed by atoms with E-state index in [1.165, 1.54) is 6.08 Å². The van der Waals surface area contributed by atoms with Crippen LogP contribution in [0.3, 0.4) is 0 Å². The van der Waals surface area contributed by atoms with Gasteiger partial charge in [0, 0.05) is 11.6 Å². The molecule has 0 aromatic rings. The highest BCUT2D eigenvalue weighted by atomic mass is 16.5. The van der Waals surface area contributed by atoms with Crippen LogP contribution in [0.15, 0.2) is 11.6 Å². The predicted octanol–water partition coefficient (Wildman–Crippen LogP) is 1.68. The number of cyclic esters (lactones) is 1. The van der Waals surface area contributed by atoms with E-state index in [4.69, 9.17) is 9.47 Å². The first-order chi connectivity index (χ1) is 6.87. The van der Waals surface area contributed by atoms with E-state index in [9.17, 15) is 4.79 Å². The van der Waals surface area contributed by atoms with Crippen LogP contribution in [0.25, 0.3) is 0 Å². The summed E-state index contributed by atoms with van der Waals surface area (Å²) in [4.78, 5) is 10.7. The lowest BCUT2D eigenvalue weighted by molar-refractivity contribution is -0.134. The van der Waals surface area contributed by atoms with Crippen molar-refractivity contribution in [2.45, 2.75) is 39.4 Å². The fourth-order valence-electron chi connectivity index (χ4n) is 1.20. The average molecular weight is 208 g/mol. The maximum atomic E-state index is 10.7. The highest BCUT2D eigenvalue weighted by Crippen LogP contribution is 2.10. The third kappa shape index (κ3) is 4.66. The fourth-order valence-corrected chi connectivity index (χ4v) is 1.20. The van der Waals surface area contributed by atoms with Gasteiger partial charge in [-0.2, -0.15) is 0 Å². The molecule has 0 amide bonds. The summed E-state index contributed by atoms with van der Waals surface area (Å²) in [7, 11) is 0. The van der Waals surface area contributed by atoms with E-state index in [-0.39, 0.29) is 24.3 Å². The lowest BCUT2D eigenvalue weighted by atomic mass is 10.2. The summed E-state index contributed by atoms with van der Waals surface area (Å²) < 4.78 is 10.3. The van der Waals surface area contributed by atoms with Crippen LogP contribution in [0.4, 0.5) is 0 Å². The summed E-state index contributed by atoms with van der Waals surface area (Å²) in [6.07, 6.45) is 1.26. The van der Waals surface area contributed by atoms with E-state index >= 15 is 0 Å². The Bertz CT molecular complexity index is 336. The first-order valence-corrected chi connectivity index (χ1v) is 4.93. The minimum atomic E-state index is -0.316. The number of rotatable bonds is 1. The van der Waals surface area contributed by atoms with Crippen LogP contribution >= 0.6 is 0 Å². The molecule has 0 radical (unpaired) electrons. The highest BCUT2D eigenvalue weighted by molar-refractivity contribution is 5.86. The van der Waals surface area contributed by atoms with Crippen LogP contribution in [0.2, 0.25) is 0 Å². The number of hydrogen-bond donors (Lipinski definition) is 0. The number of ether oxygens (including phenoxy) is 2. The van der Waals surface area contributed by atoms with E-state index in [2.05, 4.69) is 11.8 Å². The summed E-state index contributed by atoms with van der Waals surface area (Å²) >= 11 is 0. The molecule has 1 unspecified atom stereocenters. The normalized spacial score (nSPS) is 17.6. The number of hydrogen-bond acceptors (Lipinski definition) is 3. The molecule has 0 aromatic heterocycles. The van der Waals surface area contributed by atoms with Crippen molar-refractivity contribution in [2.75, 3.05) is 6.61 Å². The standard InChI is InChI=1S/C12H16O3/c1-9(15-12(2,3)4)5-6-10-7-11(13)14-8-10/h7,9H,8H2,1-4H3. The molecule has 1 aliphatic rings. The molecule has 3 heteroatoms. The number of esters is 1. The zero-order chi connectivity index (χ0) is 11.5. The van der Waals surface area contributed by atoms with Crippen LogP contribution in [-0.4, -0.2) is 24.3 Å². The Morgan fingerprint density at radius 3 is 2.67 bits per heavy atom. The molecule has 0 bridgehead atoms. The summed E-state index contributed by atoms with van der Waals surface area (Å²) in [6, 6.07) is 0. The highest BCUT2D eigenvalue weighted by Gasteiger charge is 2.14. The van der Waals surface area contributed by atoms with Gasteiger partial charge in [-0.3, -0.25) is 0 Å². The molecule has 0 saturated heterocycles. The number of carbonyl (C=O) groups is 1. The van der Waals surface area contributed by atoms with Gasteiger partial charge in [-0.15, -0.1) is 0 Å². The van der Waals surface area contributed by atoms with Crippen molar-refractivity contribution >= 4 is 5.97 Å². The van der Waals surface area contributed by atoms with E-state index in [0.717, 1.165) is 0 Å². The zero-order valence-electron chi connectivity index (χ0n) is 9.59. The van der Waals surface area contributed by atoms with Crippen molar-refractivity contribution in [3.05, 3.63) is 11.6 Å². The van der Waals surface area contributed by atoms with E-state index in [0.29, 0.717) is 5.57 Å². The average Bonchev–Trinajstić information content (AvgIpc) is 2.45. The van der Waals surface area contributed by atoms with Crippen LogP contribution in [0.5, 0.6) is 0 Å². The van der Waals surface area contributed by atoms with Crippen molar-refractivity contribution in [3.63, 3.8) is 0 Å². The molecule has 1 aliphatic heterocycles. The Balaban J connectivity index is 2.51. The summed E-state index contributed by atoms with van der Waals surface area (Å²) in [5.74, 6) is 5.49. The van der Waals surface area contributed by atoms with Crippen molar-refractivity contribution in [1.29, 1.82) is 0 Å². The summed E-state index contributed by atoms with van der Waals surface area (Å²) in [6.45, 7) is 8.11. The lowest BCUT2D eigenvalue weighted by Crippen LogP contribution is -2.24. The maximum absolute atomic E-state index is 10.7. The Hall–Kier alpha value is -1.27. The van der Waals surface area contributed by atoms with Gasteiger partial charge in [-0.25, -0.2) is 4.79 Å². The predicted molar refractivity (Wildman–Crippen MR) is 57.1 cm³/mol. The maximum Gasteiger partial charge on any atom is 0.332 e. The summed E-state index contributed by atoms with van der Waals surface area (Å²) in [5.41, 5.74) is 0.508. The molecule has 0 aliphatic carbocycles. The summed E-state index contributed by atoms with van der Waals surface area (Å²) in [5, 5.41) is 0. The minimum absolute atomic E-state index is 0.151. The first kappa shape index (κ1) is 11.8. The van der Waals surface area contributed by atoms with Crippen molar-refractivity contribution in [1.82, 2.24) is 0 Å². The third-order valence-corrected chi connectivity index (χ3v) is 1.63. The Labute approximate surface area is 90.4 Å². The monoisotopic (exact) mass is 208 g/mol. The molecule has 0 fully saturated rings. The molecule has 0 saturated carbocycles. The van der Waals surface area contributed by atoms with E-state index < -0.39 is 0 Å². The van der Waals surface area contributed by atoms with E-state index in [1.54, 1.807) is 0 Å². The van der Waals surface area contributed by atoms with Gasteiger partial charge >= 0.3 is 5.97 Å². The molecule has 0 N–H and O–H groups in total. The molecule has 1 atom stereocenters. The Morgan fingerprint density at radius 1 is 1.53 bits per heavy atom. The van der Waals surface area contributed by atoms with Crippen LogP contribution in [0, 0.1) is 11.8 Å². The van der Waals surface area contributed by atoms with Gasteiger partial charge in [0.05, 0.1) is 5.60 Å². The smallest absolute Gasteiger partial charge is 0.332 e. The van der Waals surface area contributed by atoms with Crippen molar-refractivity contribution < 1.29 is 14.3 Å². The second-order valence-electron chi connectivity index (χ2n) is 4.42. The molecular weight excluding hydrogens is 192 g/mol. The second-order valence-corrected chi connectivity index (χ2v) is 4.42. The second kappa shape index (κ2) is 4.50. The number of carbonyl (C=O) groups excluding carboxylic acids is 1. The Morgan fingerprint density at radius 2 is 2.20 bits per heavy atom. The molecule has 3 nitrogen and oxygen atoms in total. The van der Waals surface area contributed by atoms with Gasteiger partial charge < -0.3 is 9.47 Å². The quantitative estimate of drug-likeness (QED) is 0.486. The molecular formula is C12H16O3. The lowest BCUT2D eigenvalue weighted by Gasteiger charge is -2.21. The van der Waals surface area contributed by atoms with Gasteiger partial charge in [0.2, 0.25) is 0 Å². The SMILES string of the molecule is CC(C#CC1=CC(=O)OC1)OC(C)(C)C. The van der Waals surface area contributed by atoms with Gasteiger partial charge in [-0.1, -0.05) is 11.8 Å². The molecule has 0 aromatic carbocycles. The molecule has 0 spiro atoms. The van der Waals surface area contributed by atoms with Gasteiger partial charge in [0.1, 0.15) is 12.7 Å². The first-order valence-electron chi connectivity index (χ1n) is 4.93.